The zero-order valence-electron chi connectivity index (χ0n) is 24.7. The van der Waals surface area contributed by atoms with E-state index in [0.717, 1.165) is 41.7 Å². The third-order valence-electron chi connectivity index (χ3n) is 8.17. The van der Waals surface area contributed by atoms with Crippen molar-refractivity contribution in [3.05, 3.63) is 41.2 Å². The van der Waals surface area contributed by atoms with Gasteiger partial charge >= 0.3 is 0 Å². The molecule has 40 heavy (non-hydrogen) atoms. The van der Waals surface area contributed by atoms with E-state index >= 15 is 0 Å². The van der Waals surface area contributed by atoms with Gasteiger partial charge in [0.1, 0.15) is 11.6 Å². The first-order valence-electron chi connectivity index (χ1n) is 14.3. The van der Waals surface area contributed by atoms with Gasteiger partial charge in [-0.05, 0) is 69.7 Å². The average Bonchev–Trinajstić information content (AvgIpc) is 3.16. The molecule has 11 heteroatoms. The topological polar surface area (TPSA) is 117 Å². The number of unbranched alkanes of at least 4 members (excludes halogenated alkanes) is 1. The molecule has 2 aromatic rings. The summed E-state index contributed by atoms with van der Waals surface area (Å²) in [6, 6.07) is 6.71. The Morgan fingerprint density at radius 1 is 1.12 bits per heavy atom. The number of likely N-dealkylation sites (tertiary alicyclic amines) is 1. The number of nitrogens with one attached hydrogen (secondary N) is 2. The van der Waals surface area contributed by atoms with Crippen molar-refractivity contribution >= 4 is 27.5 Å². The Morgan fingerprint density at radius 3 is 2.35 bits per heavy atom. The number of rotatable bonds is 10. The summed E-state index contributed by atoms with van der Waals surface area (Å²) in [6.45, 7) is 13.1. The summed E-state index contributed by atoms with van der Waals surface area (Å²) in [6.07, 6.45) is 4.88. The number of aryl methyl sites for hydroxylation is 1. The molecule has 0 radical (unpaired) electrons. The number of carbonyl (C=O) groups is 2. The largest absolute Gasteiger partial charge is 0.342 e. The van der Waals surface area contributed by atoms with Crippen LogP contribution < -0.4 is 10.0 Å². The quantitative estimate of drug-likeness (QED) is 0.451. The van der Waals surface area contributed by atoms with Gasteiger partial charge in [-0.2, -0.15) is 5.10 Å². The standard InChI is InChI=1S/C29H44N6O4S/c1-7-8-15-34-27(36)26(18-20(2)3)30-28(37)29(34)13-16-33(17-14-29)19-25-21(4)31-35(22(25)5)24-11-9-23(10-12-24)32-40(6,38)39/h9-12,20,26,32H,7-8,13-19H2,1-6H3,(H,30,37)/t26-/m0/s1. The second-order valence-electron chi connectivity index (χ2n) is 11.8. The van der Waals surface area contributed by atoms with E-state index in [4.69, 9.17) is 5.10 Å². The number of carbonyl (C=O) groups excluding carboxylic acids is 2. The van der Waals surface area contributed by atoms with Crippen LogP contribution in [-0.2, 0) is 26.2 Å². The minimum atomic E-state index is -3.34. The van der Waals surface area contributed by atoms with E-state index in [2.05, 4.69) is 35.7 Å². The van der Waals surface area contributed by atoms with Crippen molar-refractivity contribution in [2.24, 2.45) is 5.92 Å². The molecule has 2 amide bonds. The number of hydrogen-bond acceptors (Lipinski definition) is 6. The van der Waals surface area contributed by atoms with Gasteiger partial charge < -0.3 is 10.2 Å². The Morgan fingerprint density at radius 2 is 1.77 bits per heavy atom. The van der Waals surface area contributed by atoms with E-state index < -0.39 is 21.6 Å². The maximum Gasteiger partial charge on any atom is 0.246 e. The van der Waals surface area contributed by atoms with Crippen molar-refractivity contribution in [3.63, 3.8) is 0 Å². The van der Waals surface area contributed by atoms with Gasteiger partial charge in [-0.3, -0.25) is 19.2 Å². The first kappa shape index (κ1) is 30.0. The van der Waals surface area contributed by atoms with Gasteiger partial charge in [-0.1, -0.05) is 27.2 Å². The SMILES string of the molecule is CCCCN1C(=O)[C@H](CC(C)C)NC(=O)C12CCN(Cc1c(C)nn(-c3ccc(NS(C)(=O)=O)cc3)c1C)CC2. The van der Waals surface area contributed by atoms with Crippen LogP contribution in [0.25, 0.3) is 5.69 Å². The van der Waals surface area contributed by atoms with Gasteiger partial charge in [0.05, 0.1) is 17.6 Å². The second-order valence-corrected chi connectivity index (χ2v) is 13.5. The molecule has 0 saturated carbocycles. The van der Waals surface area contributed by atoms with Crippen LogP contribution in [0.3, 0.4) is 0 Å². The third kappa shape index (κ3) is 6.35. The predicted octanol–water partition coefficient (Wildman–Crippen LogP) is 3.37. The van der Waals surface area contributed by atoms with Crippen LogP contribution in [0.15, 0.2) is 24.3 Å². The fraction of sp³-hybridized carbons (Fsp3) is 0.621. The maximum absolute atomic E-state index is 13.5. The van der Waals surface area contributed by atoms with Crippen LogP contribution in [-0.4, -0.2) is 77.3 Å². The van der Waals surface area contributed by atoms with Crippen molar-refractivity contribution in [1.82, 2.24) is 24.9 Å². The van der Waals surface area contributed by atoms with Crippen LogP contribution in [0.2, 0.25) is 0 Å². The highest BCUT2D eigenvalue weighted by atomic mass is 32.2. The molecule has 4 rings (SSSR count). The number of amides is 2. The molecule has 1 atom stereocenters. The third-order valence-corrected chi connectivity index (χ3v) is 8.78. The smallest absolute Gasteiger partial charge is 0.246 e. The number of sulfonamides is 1. The van der Waals surface area contributed by atoms with Crippen molar-refractivity contribution in [3.8, 4) is 5.69 Å². The summed E-state index contributed by atoms with van der Waals surface area (Å²) in [5.41, 5.74) is 3.67. The average molecular weight is 573 g/mol. The summed E-state index contributed by atoms with van der Waals surface area (Å²) >= 11 is 0. The van der Waals surface area contributed by atoms with Gasteiger partial charge in [0.15, 0.2) is 0 Å². The molecule has 220 valence electrons. The number of hydrogen-bond donors (Lipinski definition) is 2. The molecule has 1 spiro atoms. The van der Waals surface area contributed by atoms with Gasteiger partial charge in [0.2, 0.25) is 21.8 Å². The Bertz CT molecular complexity index is 1330. The van der Waals surface area contributed by atoms with Gasteiger partial charge in [-0.25, -0.2) is 13.1 Å². The van der Waals surface area contributed by atoms with Crippen LogP contribution in [0, 0.1) is 19.8 Å². The van der Waals surface area contributed by atoms with E-state index in [1.54, 1.807) is 12.1 Å². The summed E-state index contributed by atoms with van der Waals surface area (Å²) < 4.78 is 27.4. The molecule has 0 unspecified atom stereocenters. The number of aromatic nitrogens is 2. The Labute approximate surface area is 238 Å². The lowest BCUT2D eigenvalue weighted by atomic mass is 9.80. The molecular formula is C29H44N6O4S. The molecule has 2 N–H and O–H groups in total. The summed E-state index contributed by atoms with van der Waals surface area (Å²) in [5, 5.41) is 7.85. The number of piperidine rings is 1. The molecule has 0 aliphatic carbocycles. The zero-order chi connectivity index (χ0) is 29.2. The van der Waals surface area contributed by atoms with E-state index in [0.29, 0.717) is 57.0 Å². The predicted molar refractivity (Wildman–Crippen MR) is 157 cm³/mol. The highest BCUT2D eigenvalue weighted by molar-refractivity contribution is 7.92. The van der Waals surface area contributed by atoms with E-state index in [1.807, 2.05) is 35.6 Å². The fourth-order valence-electron chi connectivity index (χ4n) is 5.99. The fourth-order valence-corrected chi connectivity index (χ4v) is 6.55. The lowest BCUT2D eigenvalue weighted by Crippen LogP contribution is -2.73. The van der Waals surface area contributed by atoms with E-state index in [9.17, 15) is 18.0 Å². The number of benzene rings is 1. The van der Waals surface area contributed by atoms with E-state index in [-0.39, 0.29) is 11.8 Å². The van der Waals surface area contributed by atoms with Gasteiger partial charge in [0.25, 0.3) is 0 Å². The molecular weight excluding hydrogens is 528 g/mol. The van der Waals surface area contributed by atoms with Crippen molar-refractivity contribution in [2.75, 3.05) is 30.6 Å². The lowest BCUT2D eigenvalue weighted by molar-refractivity contribution is -0.161. The number of anilines is 1. The van der Waals surface area contributed by atoms with Crippen LogP contribution in [0.1, 0.15) is 69.8 Å². The van der Waals surface area contributed by atoms with Crippen molar-refractivity contribution in [1.29, 1.82) is 0 Å². The van der Waals surface area contributed by atoms with E-state index in [1.165, 1.54) is 0 Å². The second kappa shape index (κ2) is 11.9. The summed E-state index contributed by atoms with van der Waals surface area (Å²) in [4.78, 5) is 31.3. The number of piperazine rings is 1. The minimum absolute atomic E-state index is 0.00231. The zero-order valence-corrected chi connectivity index (χ0v) is 25.5. The molecule has 1 aromatic heterocycles. The molecule has 2 fully saturated rings. The normalized spacial score (nSPS) is 19.9. The molecule has 2 aliphatic heterocycles. The number of nitrogens with zero attached hydrogens (tertiary/aromatic N) is 4. The lowest BCUT2D eigenvalue weighted by Gasteiger charge is -2.52. The van der Waals surface area contributed by atoms with Gasteiger partial charge in [0, 0.05) is 43.1 Å². The van der Waals surface area contributed by atoms with Crippen LogP contribution >= 0.6 is 0 Å². The molecule has 1 aromatic carbocycles. The van der Waals surface area contributed by atoms with Crippen LogP contribution in [0.4, 0.5) is 5.69 Å². The van der Waals surface area contributed by atoms with Crippen molar-refractivity contribution in [2.45, 2.75) is 84.8 Å². The molecule has 10 nitrogen and oxygen atoms in total. The molecule has 2 aliphatic rings. The monoisotopic (exact) mass is 572 g/mol. The van der Waals surface area contributed by atoms with Crippen LogP contribution in [0.5, 0.6) is 0 Å². The van der Waals surface area contributed by atoms with Crippen molar-refractivity contribution < 1.29 is 18.0 Å². The van der Waals surface area contributed by atoms with Gasteiger partial charge in [-0.15, -0.1) is 0 Å². The minimum Gasteiger partial charge on any atom is -0.342 e. The summed E-state index contributed by atoms with van der Waals surface area (Å²) in [5.74, 6) is 0.399. The maximum atomic E-state index is 13.5. The Kier molecular flexibility index (Phi) is 8.94. The molecule has 0 bridgehead atoms. The summed E-state index contributed by atoms with van der Waals surface area (Å²) in [7, 11) is -3.34. The Balaban J connectivity index is 1.47. The first-order valence-corrected chi connectivity index (χ1v) is 16.2. The first-order chi connectivity index (χ1) is 18.8. The Hall–Kier alpha value is -2.92. The highest BCUT2D eigenvalue weighted by Crippen LogP contribution is 2.35. The molecule has 2 saturated heterocycles. The molecule has 3 heterocycles. The highest BCUT2D eigenvalue weighted by Gasteiger charge is 2.53.